The second-order valence-electron chi connectivity index (χ2n) is 10.4. The van der Waals surface area contributed by atoms with E-state index in [0.717, 1.165) is 43.8 Å². The second-order valence-corrected chi connectivity index (χ2v) is 10.4. The smallest absolute Gasteiger partial charge is 0.185 e. The third kappa shape index (κ3) is 5.79. The molecule has 0 aliphatic rings. The van der Waals surface area contributed by atoms with Crippen LogP contribution in [-0.4, -0.2) is 25.8 Å². The van der Waals surface area contributed by atoms with Crippen molar-refractivity contribution in [1.82, 2.24) is 0 Å². The van der Waals surface area contributed by atoms with Gasteiger partial charge in [0.15, 0.2) is 11.6 Å². The van der Waals surface area contributed by atoms with Gasteiger partial charge in [-0.05, 0) is 104 Å². The summed E-state index contributed by atoms with van der Waals surface area (Å²) in [6, 6.07) is 38.9. The standard InChI is InChI=1S/C40H30O4/c1-43-33-21-15-29(16-22-33)37(41)25-19-31-13-11-27-7-3-5-9-35(27)39(31)40-32(14-12-28-8-4-6-10-36(28)40)20-26-38(42)30-17-23-34(44-2)24-18-30/h3-26H,1-2H3/b25-19-,26-20-. The fourth-order valence-electron chi connectivity index (χ4n) is 5.45. The molecule has 6 aromatic rings. The van der Waals surface area contributed by atoms with E-state index < -0.39 is 0 Å². The molecular weight excluding hydrogens is 544 g/mol. The van der Waals surface area contributed by atoms with Crippen molar-refractivity contribution < 1.29 is 19.1 Å². The molecule has 0 heterocycles. The molecule has 0 fully saturated rings. The van der Waals surface area contributed by atoms with E-state index in [4.69, 9.17) is 9.47 Å². The lowest BCUT2D eigenvalue weighted by atomic mass is 9.86. The van der Waals surface area contributed by atoms with Crippen molar-refractivity contribution in [1.29, 1.82) is 0 Å². The predicted molar refractivity (Wildman–Crippen MR) is 180 cm³/mol. The highest BCUT2D eigenvalue weighted by Gasteiger charge is 2.16. The van der Waals surface area contributed by atoms with Gasteiger partial charge in [0, 0.05) is 11.1 Å². The Kier molecular flexibility index (Phi) is 8.15. The topological polar surface area (TPSA) is 52.6 Å². The zero-order valence-electron chi connectivity index (χ0n) is 24.5. The molecule has 214 valence electrons. The Morgan fingerprint density at radius 1 is 0.477 bits per heavy atom. The molecule has 0 amide bonds. The summed E-state index contributed by atoms with van der Waals surface area (Å²) in [4.78, 5) is 26.4. The Labute approximate surface area is 256 Å². The number of ketones is 2. The van der Waals surface area contributed by atoms with E-state index in [1.54, 1.807) is 74.9 Å². The number of benzene rings is 6. The first kappa shape index (κ1) is 28.4. The van der Waals surface area contributed by atoms with E-state index >= 15 is 0 Å². The lowest BCUT2D eigenvalue weighted by Gasteiger charge is -2.17. The first-order valence-electron chi connectivity index (χ1n) is 14.3. The second kappa shape index (κ2) is 12.6. The van der Waals surface area contributed by atoms with Gasteiger partial charge < -0.3 is 9.47 Å². The van der Waals surface area contributed by atoms with Crippen LogP contribution in [0.25, 0.3) is 44.8 Å². The van der Waals surface area contributed by atoms with Crippen LogP contribution in [0.15, 0.2) is 133 Å². The Morgan fingerprint density at radius 2 is 0.864 bits per heavy atom. The molecule has 0 saturated heterocycles. The van der Waals surface area contributed by atoms with Gasteiger partial charge >= 0.3 is 0 Å². The molecule has 0 aliphatic heterocycles. The highest BCUT2D eigenvalue weighted by molar-refractivity contribution is 6.14. The van der Waals surface area contributed by atoms with Crippen molar-refractivity contribution in [2.75, 3.05) is 14.2 Å². The summed E-state index contributed by atoms with van der Waals surface area (Å²) in [5, 5.41) is 4.27. The van der Waals surface area contributed by atoms with E-state index in [1.807, 2.05) is 48.6 Å². The maximum absolute atomic E-state index is 13.2. The Hall–Kier alpha value is -5.74. The lowest BCUT2D eigenvalue weighted by molar-refractivity contribution is 0.103. The molecule has 0 unspecified atom stereocenters. The monoisotopic (exact) mass is 574 g/mol. The molecule has 0 radical (unpaired) electrons. The first-order chi connectivity index (χ1) is 21.6. The number of carbonyl (C=O) groups excluding carboxylic acids is 2. The van der Waals surface area contributed by atoms with Crippen LogP contribution in [-0.2, 0) is 0 Å². The van der Waals surface area contributed by atoms with E-state index in [9.17, 15) is 9.59 Å². The van der Waals surface area contributed by atoms with Crippen LogP contribution < -0.4 is 9.47 Å². The van der Waals surface area contributed by atoms with Crippen molar-refractivity contribution in [3.8, 4) is 22.6 Å². The molecule has 0 aromatic heterocycles. The fourth-order valence-corrected chi connectivity index (χ4v) is 5.45. The molecule has 4 nitrogen and oxygen atoms in total. The van der Waals surface area contributed by atoms with Gasteiger partial charge in [0.25, 0.3) is 0 Å². The number of hydrogen-bond donors (Lipinski definition) is 0. The van der Waals surface area contributed by atoms with Crippen molar-refractivity contribution in [3.05, 3.63) is 156 Å². The number of ether oxygens (including phenoxy) is 2. The number of carbonyl (C=O) groups is 2. The number of fused-ring (bicyclic) bond motifs is 2. The van der Waals surface area contributed by atoms with Gasteiger partial charge in [-0.1, -0.05) is 84.9 Å². The third-order valence-electron chi connectivity index (χ3n) is 7.75. The molecule has 44 heavy (non-hydrogen) atoms. The molecule has 6 aromatic carbocycles. The fraction of sp³-hybridized carbons (Fsp3) is 0.0500. The average Bonchev–Trinajstić information content (AvgIpc) is 3.09. The largest absolute Gasteiger partial charge is 0.497 e. The van der Waals surface area contributed by atoms with E-state index in [2.05, 4.69) is 36.4 Å². The maximum atomic E-state index is 13.2. The summed E-state index contributed by atoms with van der Waals surface area (Å²) < 4.78 is 10.5. The Morgan fingerprint density at radius 3 is 1.25 bits per heavy atom. The molecule has 4 heteroatoms. The molecule has 0 aliphatic carbocycles. The summed E-state index contributed by atoms with van der Waals surface area (Å²) in [5.74, 6) is 1.19. The van der Waals surface area contributed by atoms with Crippen molar-refractivity contribution in [3.63, 3.8) is 0 Å². The van der Waals surface area contributed by atoms with E-state index in [0.29, 0.717) is 22.6 Å². The number of rotatable bonds is 9. The van der Waals surface area contributed by atoms with Crippen LogP contribution in [0.5, 0.6) is 11.5 Å². The summed E-state index contributed by atoms with van der Waals surface area (Å²) in [6.07, 6.45) is 6.99. The number of methoxy groups -OCH3 is 2. The molecule has 6 rings (SSSR count). The first-order valence-corrected chi connectivity index (χ1v) is 14.3. The summed E-state index contributed by atoms with van der Waals surface area (Å²) in [5.41, 5.74) is 4.95. The van der Waals surface area contributed by atoms with Crippen LogP contribution in [0.1, 0.15) is 31.8 Å². The van der Waals surface area contributed by atoms with Crippen LogP contribution in [0.4, 0.5) is 0 Å². The molecule has 0 spiro atoms. The molecule has 0 atom stereocenters. The minimum Gasteiger partial charge on any atom is -0.497 e. The highest BCUT2D eigenvalue weighted by atomic mass is 16.5. The van der Waals surface area contributed by atoms with Gasteiger partial charge in [0.1, 0.15) is 11.5 Å². The van der Waals surface area contributed by atoms with Crippen LogP contribution in [0, 0.1) is 0 Å². The van der Waals surface area contributed by atoms with Crippen LogP contribution >= 0.6 is 0 Å². The van der Waals surface area contributed by atoms with Gasteiger partial charge in [-0.2, -0.15) is 0 Å². The summed E-state index contributed by atoms with van der Waals surface area (Å²) in [6.45, 7) is 0. The van der Waals surface area contributed by atoms with Gasteiger partial charge in [-0.15, -0.1) is 0 Å². The minimum absolute atomic E-state index is 0.102. The summed E-state index contributed by atoms with van der Waals surface area (Å²) in [7, 11) is 3.20. The van der Waals surface area contributed by atoms with Gasteiger partial charge in [-0.25, -0.2) is 0 Å². The molecular formula is C40H30O4. The molecule has 0 bridgehead atoms. The van der Waals surface area contributed by atoms with Gasteiger partial charge in [0.2, 0.25) is 0 Å². The van der Waals surface area contributed by atoms with Crippen molar-refractivity contribution in [2.45, 2.75) is 0 Å². The lowest BCUT2D eigenvalue weighted by Crippen LogP contribution is -1.96. The number of hydrogen-bond acceptors (Lipinski definition) is 4. The molecule has 0 N–H and O–H groups in total. The van der Waals surface area contributed by atoms with E-state index in [1.165, 1.54) is 0 Å². The third-order valence-corrected chi connectivity index (χ3v) is 7.75. The van der Waals surface area contributed by atoms with Crippen molar-refractivity contribution >= 4 is 45.3 Å². The highest BCUT2D eigenvalue weighted by Crippen LogP contribution is 2.40. The predicted octanol–water partition coefficient (Wildman–Crippen LogP) is 9.47. The van der Waals surface area contributed by atoms with E-state index in [-0.39, 0.29) is 11.6 Å². The Bertz CT molecular complexity index is 1900. The normalized spacial score (nSPS) is 11.4. The quantitative estimate of drug-likeness (QED) is 0.127. The number of allylic oxidation sites excluding steroid dienone is 2. The average molecular weight is 575 g/mol. The van der Waals surface area contributed by atoms with Gasteiger partial charge in [-0.3, -0.25) is 9.59 Å². The van der Waals surface area contributed by atoms with Crippen LogP contribution in [0.3, 0.4) is 0 Å². The maximum Gasteiger partial charge on any atom is 0.185 e. The zero-order chi connectivity index (χ0) is 30.5. The van der Waals surface area contributed by atoms with Crippen molar-refractivity contribution in [2.24, 2.45) is 0 Å². The SMILES string of the molecule is COc1ccc(C(=O)/C=C\c2ccc3ccccc3c2-c2c(/C=C\C(=O)c3ccc(OC)cc3)ccc3ccccc23)cc1. The zero-order valence-corrected chi connectivity index (χ0v) is 24.5. The Balaban J connectivity index is 1.50. The van der Waals surface area contributed by atoms with Gasteiger partial charge in [0.05, 0.1) is 14.2 Å². The van der Waals surface area contributed by atoms with Crippen LogP contribution in [0.2, 0.25) is 0 Å². The minimum atomic E-state index is -0.102. The summed E-state index contributed by atoms with van der Waals surface area (Å²) >= 11 is 0. The molecule has 0 saturated carbocycles.